The number of rotatable bonds is 4. The second kappa shape index (κ2) is 5.92. The molecule has 0 amide bonds. The zero-order valence-electron chi connectivity index (χ0n) is 10.8. The number of carboxylic acid groups (broad SMARTS) is 1. The summed E-state index contributed by atoms with van der Waals surface area (Å²) in [5.74, 6) is -1.28. The molecule has 0 spiro atoms. The maximum absolute atomic E-state index is 13.3. The third-order valence-electron chi connectivity index (χ3n) is 2.75. The first-order chi connectivity index (χ1) is 9.99. The summed E-state index contributed by atoms with van der Waals surface area (Å²) in [6, 6.07) is 9.93. The number of hydrogen-bond donors (Lipinski definition) is 2. The van der Waals surface area contributed by atoms with Gasteiger partial charge < -0.3 is 15.6 Å². The summed E-state index contributed by atoms with van der Waals surface area (Å²) >= 11 is 0. The Labute approximate surface area is 120 Å². The summed E-state index contributed by atoms with van der Waals surface area (Å²) in [5, 5.41) is 17.6. The maximum Gasteiger partial charge on any atom is 0.337 e. The predicted octanol–water partition coefficient (Wildman–Crippen LogP) is 2.56. The average molecular weight is 286 g/mol. The number of nitriles is 1. The van der Waals surface area contributed by atoms with Gasteiger partial charge in [0.25, 0.3) is 0 Å². The summed E-state index contributed by atoms with van der Waals surface area (Å²) in [4.78, 5) is 10.8. The highest BCUT2D eigenvalue weighted by molar-refractivity contribution is 5.93. The molecule has 106 valence electrons. The van der Waals surface area contributed by atoms with Gasteiger partial charge in [-0.3, -0.25) is 0 Å². The van der Waals surface area contributed by atoms with Crippen LogP contribution in [0.3, 0.4) is 0 Å². The molecule has 0 saturated heterocycles. The van der Waals surface area contributed by atoms with E-state index >= 15 is 0 Å². The molecule has 0 radical (unpaired) electrons. The van der Waals surface area contributed by atoms with Gasteiger partial charge in [-0.2, -0.15) is 5.26 Å². The van der Waals surface area contributed by atoms with Gasteiger partial charge in [0, 0.05) is 11.8 Å². The number of benzene rings is 2. The SMILES string of the molecule is N#Cc1cc(F)cc(COc2ccc(C(=O)O)c(N)c2)c1. The Hall–Kier alpha value is -3.07. The van der Waals surface area contributed by atoms with Crippen LogP contribution in [0.5, 0.6) is 5.75 Å². The number of nitrogens with zero attached hydrogens (tertiary/aromatic N) is 1. The number of nitrogen functional groups attached to an aromatic ring is 1. The maximum atomic E-state index is 13.3. The van der Waals surface area contributed by atoms with Gasteiger partial charge in [0.05, 0.1) is 17.2 Å². The second-order valence-electron chi connectivity index (χ2n) is 4.30. The van der Waals surface area contributed by atoms with Crippen molar-refractivity contribution in [3.05, 3.63) is 58.9 Å². The Morgan fingerprint density at radius 2 is 2.10 bits per heavy atom. The molecule has 2 aromatic rings. The number of carboxylic acids is 1. The molecule has 0 fully saturated rings. The molecular formula is C15H11FN2O3. The molecule has 5 nitrogen and oxygen atoms in total. The number of halogens is 1. The van der Waals surface area contributed by atoms with E-state index in [1.807, 2.05) is 6.07 Å². The lowest BCUT2D eigenvalue weighted by Gasteiger charge is -2.09. The van der Waals surface area contributed by atoms with Crippen LogP contribution in [-0.2, 0) is 6.61 Å². The van der Waals surface area contributed by atoms with E-state index in [0.29, 0.717) is 11.3 Å². The van der Waals surface area contributed by atoms with E-state index in [9.17, 15) is 9.18 Å². The fourth-order valence-corrected chi connectivity index (χ4v) is 1.79. The van der Waals surface area contributed by atoms with Crippen molar-refractivity contribution in [1.82, 2.24) is 0 Å². The number of hydrogen-bond acceptors (Lipinski definition) is 4. The normalized spacial score (nSPS) is 9.90. The van der Waals surface area contributed by atoms with E-state index in [1.54, 1.807) is 0 Å². The molecule has 0 bridgehead atoms. The van der Waals surface area contributed by atoms with Crippen molar-refractivity contribution in [2.45, 2.75) is 6.61 Å². The number of anilines is 1. The van der Waals surface area contributed by atoms with Crippen LogP contribution in [0.4, 0.5) is 10.1 Å². The van der Waals surface area contributed by atoms with Gasteiger partial charge >= 0.3 is 5.97 Å². The first-order valence-electron chi connectivity index (χ1n) is 5.95. The van der Waals surface area contributed by atoms with Gasteiger partial charge in [0.2, 0.25) is 0 Å². The Bertz CT molecular complexity index is 738. The van der Waals surface area contributed by atoms with Crippen LogP contribution in [0.2, 0.25) is 0 Å². The minimum Gasteiger partial charge on any atom is -0.489 e. The molecule has 21 heavy (non-hydrogen) atoms. The Balaban J connectivity index is 2.13. The highest BCUT2D eigenvalue weighted by Crippen LogP contribution is 2.21. The Kier molecular flexibility index (Phi) is 4.05. The largest absolute Gasteiger partial charge is 0.489 e. The Morgan fingerprint density at radius 1 is 1.33 bits per heavy atom. The van der Waals surface area contributed by atoms with E-state index in [-0.39, 0.29) is 23.4 Å². The quantitative estimate of drug-likeness (QED) is 0.842. The highest BCUT2D eigenvalue weighted by Gasteiger charge is 2.09. The zero-order chi connectivity index (χ0) is 15.4. The van der Waals surface area contributed by atoms with E-state index in [2.05, 4.69) is 0 Å². The number of ether oxygens (including phenoxy) is 1. The molecule has 0 heterocycles. The minimum absolute atomic E-state index is 0.0140. The molecule has 6 heteroatoms. The number of nitrogens with two attached hydrogens (primary N) is 1. The minimum atomic E-state index is -1.12. The molecule has 2 aromatic carbocycles. The van der Waals surface area contributed by atoms with Crippen LogP contribution in [0.15, 0.2) is 36.4 Å². The van der Waals surface area contributed by atoms with Crippen LogP contribution in [0.1, 0.15) is 21.5 Å². The summed E-state index contributed by atoms with van der Waals surface area (Å²) in [5.41, 5.74) is 6.36. The van der Waals surface area contributed by atoms with Crippen LogP contribution >= 0.6 is 0 Å². The molecule has 0 aliphatic carbocycles. The molecular weight excluding hydrogens is 275 g/mol. The fourth-order valence-electron chi connectivity index (χ4n) is 1.79. The van der Waals surface area contributed by atoms with Crippen LogP contribution in [0, 0.1) is 17.1 Å². The summed E-state index contributed by atoms with van der Waals surface area (Å²) < 4.78 is 18.7. The van der Waals surface area contributed by atoms with Crippen molar-refractivity contribution in [2.75, 3.05) is 5.73 Å². The van der Waals surface area contributed by atoms with Crippen molar-refractivity contribution < 1.29 is 19.0 Å². The Morgan fingerprint density at radius 3 is 2.71 bits per heavy atom. The predicted molar refractivity (Wildman–Crippen MR) is 73.3 cm³/mol. The summed E-state index contributed by atoms with van der Waals surface area (Å²) in [6.45, 7) is 0.0400. The van der Waals surface area contributed by atoms with Crippen molar-refractivity contribution in [3.63, 3.8) is 0 Å². The summed E-state index contributed by atoms with van der Waals surface area (Å²) in [6.07, 6.45) is 0. The summed E-state index contributed by atoms with van der Waals surface area (Å²) in [7, 11) is 0. The monoisotopic (exact) mass is 286 g/mol. The van der Waals surface area contributed by atoms with E-state index in [1.165, 1.54) is 30.3 Å². The lowest BCUT2D eigenvalue weighted by Crippen LogP contribution is -2.03. The van der Waals surface area contributed by atoms with Crippen molar-refractivity contribution in [3.8, 4) is 11.8 Å². The van der Waals surface area contributed by atoms with Crippen LogP contribution < -0.4 is 10.5 Å². The molecule has 3 N–H and O–H groups in total. The van der Waals surface area contributed by atoms with Gasteiger partial charge in [-0.05, 0) is 35.9 Å². The average Bonchev–Trinajstić information content (AvgIpc) is 2.44. The molecule has 0 aromatic heterocycles. The van der Waals surface area contributed by atoms with E-state index in [4.69, 9.17) is 20.8 Å². The molecule has 0 aliphatic heterocycles. The molecule has 2 rings (SSSR count). The first-order valence-corrected chi connectivity index (χ1v) is 5.95. The third kappa shape index (κ3) is 3.48. The van der Waals surface area contributed by atoms with Gasteiger partial charge in [0.15, 0.2) is 0 Å². The fraction of sp³-hybridized carbons (Fsp3) is 0.0667. The second-order valence-corrected chi connectivity index (χ2v) is 4.30. The molecule has 0 saturated carbocycles. The first kappa shape index (κ1) is 14.3. The van der Waals surface area contributed by atoms with Gasteiger partial charge in [-0.25, -0.2) is 9.18 Å². The smallest absolute Gasteiger partial charge is 0.337 e. The van der Waals surface area contributed by atoms with E-state index < -0.39 is 11.8 Å². The lowest BCUT2D eigenvalue weighted by molar-refractivity contribution is 0.0698. The van der Waals surface area contributed by atoms with Gasteiger partial charge in [-0.15, -0.1) is 0 Å². The van der Waals surface area contributed by atoms with Gasteiger partial charge in [-0.1, -0.05) is 0 Å². The van der Waals surface area contributed by atoms with Gasteiger partial charge in [0.1, 0.15) is 18.2 Å². The standard InChI is InChI=1S/C15H11FN2O3/c16-11-4-9(7-17)3-10(5-11)8-21-12-1-2-13(15(19)20)14(18)6-12/h1-6H,8,18H2,(H,19,20). The number of carbonyl (C=O) groups is 1. The number of aromatic carboxylic acids is 1. The lowest BCUT2D eigenvalue weighted by atomic mass is 10.1. The van der Waals surface area contributed by atoms with E-state index in [0.717, 1.165) is 6.07 Å². The third-order valence-corrected chi connectivity index (χ3v) is 2.75. The van der Waals surface area contributed by atoms with Crippen molar-refractivity contribution in [1.29, 1.82) is 5.26 Å². The zero-order valence-corrected chi connectivity index (χ0v) is 10.8. The van der Waals surface area contributed by atoms with Crippen LogP contribution in [-0.4, -0.2) is 11.1 Å². The van der Waals surface area contributed by atoms with Crippen molar-refractivity contribution in [2.24, 2.45) is 0 Å². The molecule has 0 unspecified atom stereocenters. The van der Waals surface area contributed by atoms with Crippen molar-refractivity contribution >= 4 is 11.7 Å². The molecule has 0 aliphatic rings. The highest BCUT2D eigenvalue weighted by atomic mass is 19.1. The topological polar surface area (TPSA) is 96.3 Å². The van der Waals surface area contributed by atoms with Crippen LogP contribution in [0.25, 0.3) is 0 Å². The molecule has 0 atom stereocenters.